The van der Waals surface area contributed by atoms with Crippen molar-refractivity contribution in [2.24, 2.45) is 5.10 Å². The van der Waals surface area contributed by atoms with E-state index in [9.17, 15) is 9.90 Å². The molecule has 0 aliphatic heterocycles. The van der Waals surface area contributed by atoms with Crippen LogP contribution in [0.15, 0.2) is 108 Å². The Kier molecular flexibility index (Phi) is 7.99. The quantitative estimate of drug-likeness (QED) is 0.265. The van der Waals surface area contributed by atoms with E-state index in [4.69, 9.17) is 0 Å². The summed E-state index contributed by atoms with van der Waals surface area (Å²) in [5.74, 6) is -0.169. The second-order valence-corrected chi connectivity index (χ2v) is 8.30. The van der Waals surface area contributed by atoms with Gasteiger partial charge in [-0.15, -0.1) is 0 Å². The maximum Gasteiger partial charge on any atom is 0.271 e. The zero-order chi connectivity index (χ0) is 24.5. The number of aromatic nitrogens is 1. The number of phenols is 1. The molecule has 0 saturated heterocycles. The first-order chi connectivity index (χ1) is 17.1. The van der Waals surface area contributed by atoms with Crippen molar-refractivity contribution in [2.75, 3.05) is 0 Å². The van der Waals surface area contributed by atoms with E-state index in [1.54, 1.807) is 37.5 Å². The SMILES string of the molecule is C/C(=N\NC(=O)c1ccncc1)c1cccc(CN(Cc2ccccc2)Cc2ccccc2)c1O. The van der Waals surface area contributed by atoms with Gasteiger partial charge in [0.15, 0.2) is 0 Å². The first kappa shape index (κ1) is 23.9. The average molecular weight is 465 g/mol. The third-order valence-electron chi connectivity index (χ3n) is 5.67. The number of nitrogens with one attached hydrogen (secondary N) is 1. The fraction of sp³-hybridized carbons (Fsp3) is 0.138. The number of hydrazone groups is 1. The van der Waals surface area contributed by atoms with Crippen molar-refractivity contribution in [2.45, 2.75) is 26.6 Å². The standard InChI is InChI=1S/C29H28N4O2/c1-22(31-32-29(35)25-15-17-30-18-16-25)27-14-8-13-26(28(27)34)21-33(19-23-9-4-2-5-10-23)20-24-11-6-3-7-12-24/h2-18,34H,19-21H2,1H3,(H,32,35)/b31-22+. The van der Waals surface area contributed by atoms with E-state index in [1.165, 1.54) is 11.1 Å². The summed E-state index contributed by atoms with van der Waals surface area (Å²) in [6.07, 6.45) is 3.11. The highest BCUT2D eigenvalue weighted by atomic mass is 16.3. The molecule has 0 atom stereocenters. The molecular weight excluding hydrogens is 436 g/mol. The Bertz CT molecular complexity index is 1230. The molecule has 1 heterocycles. The average Bonchev–Trinajstić information content (AvgIpc) is 2.90. The predicted octanol–water partition coefficient (Wildman–Crippen LogP) is 5.14. The molecule has 6 heteroatoms. The molecule has 4 rings (SSSR count). The topological polar surface area (TPSA) is 77.8 Å². The van der Waals surface area contributed by atoms with Crippen LogP contribution in [0.4, 0.5) is 0 Å². The molecule has 4 aromatic rings. The summed E-state index contributed by atoms with van der Waals surface area (Å²) in [6, 6.07) is 29.5. The Hall–Kier alpha value is -4.29. The molecule has 176 valence electrons. The number of benzene rings is 3. The van der Waals surface area contributed by atoms with Crippen molar-refractivity contribution >= 4 is 11.6 Å². The number of amides is 1. The third-order valence-corrected chi connectivity index (χ3v) is 5.67. The Labute approximate surface area is 205 Å². The van der Waals surface area contributed by atoms with Gasteiger partial charge >= 0.3 is 0 Å². The van der Waals surface area contributed by atoms with E-state index in [0.717, 1.165) is 18.7 Å². The Balaban J connectivity index is 1.53. The van der Waals surface area contributed by atoms with E-state index >= 15 is 0 Å². The van der Waals surface area contributed by atoms with Crippen LogP contribution in [-0.2, 0) is 19.6 Å². The number of carbonyl (C=O) groups is 1. The molecule has 1 aromatic heterocycles. The number of rotatable bonds is 9. The molecule has 3 aromatic carbocycles. The largest absolute Gasteiger partial charge is 0.507 e. The minimum absolute atomic E-state index is 0.165. The monoisotopic (exact) mass is 464 g/mol. The summed E-state index contributed by atoms with van der Waals surface area (Å²) in [6.45, 7) is 3.81. The number of hydrogen-bond donors (Lipinski definition) is 2. The van der Waals surface area contributed by atoms with Gasteiger partial charge in [0.2, 0.25) is 0 Å². The molecule has 35 heavy (non-hydrogen) atoms. The number of phenolic OH excluding ortho intramolecular Hbond substituents is 1. The molecule has 0 spiro atoms. The number of carbonyl (C=O) groups excluding carboxylic acids is 1. The van der Waals surface area contributed by atoms with Crippen molar-refractivity contribution in [3.8, 4) is 5.75 Å². The van der Waals surface area contributed by atoms with E-state index < -0.39 is 0 Å². The van der Waals surface area contributed by atoms with Gasteiger partial charge in [-0.2, -0.15) is 5.10 Å². The van der Waals surface area contributed by atoms with E-state index in [2.05, 4.69) is 44.7 Å². The van der Waals surface area contributed by atoms with Gasteiger partial charge in [-0.05, 0) is 36.2 Å². The second-order valence-electron chi connectivity index (χ2n) is 8.30. The van der Waals surface area contributed by atoms with Crippen LogP contribution in [0.5, 0.6) is 5.75 Å². The van der Waals surface area contributed by atoms with Gasteiger partial charge < -0.3 is 5.11 Å². The highest BCUT2D eigenvalue weighted by Gasteiger charge is 2.15. The molecular formula is C29H28N4O2. The van der Waals surface area contributed by atoms with Gasteiger partial charge in [-0.1, -0.05) is 72.8 Å². The Morgan fingerprint density at radius 2 is 1.43 bits per heavy atom. The van der Waals surface area contributed by atoms with E-state index in [-0.39, 0.29) is 11.7 Å². The molecule has 0 radical (unpaired) electrons. The van der Waals surface area contributed by atoms with Crippen molar-refractivity contribution in [1.29, 1.82) is 0 Å². The Morgan fingerprint density at radius 1 is 0.829 bits per heavy atom. The lowest BCUT2D eigenvalue weighted by Gasteiger charge is -2.24. The molecule has 1 amide bonds. The molecule has 0 aliphatic rings. The maximum atomic E-state index is 12.3. The smallest absolute Gasteiger partial charge is 0.271 e. The van der Waals surface area contributed by atoms with Crippen molar-refractivity contribution < 1.29 is 9.90 Å². The predicted molar refractivity (Wildman–Crippen MR) is 138 cm³/mol. The zero-order valence-electron chi connectivity index (χ0n) is 19.6. The van der Waals surface area contributed by atoms with Crippen LogP contribution >= 0.6 is 0 Å². The van der Waals surface area contributed by atoms with Gasteiger partial charge in [0.1, 0.15) is 5.75 Å². The molecule has 0 aliphatic carbocycles. The second kappa shape index (κ2) is 11.7. The molecule has 0 bridgehead atoms. The Morgan fingerprint density at radius 3 is 2.03 bits per heavy atom. The fourth-order valence-corrected chi connectivity index (χ4v) is 3.87. The van der Waals surface area contributed by atoms with Crippen LogP contribution < -0.4 is 5.43 Å². The van der Waals surface area contributed by atoms with E-state index in [1.807, 2.05) is 48.5 Å². The number of hydrogen-bond acceptors (Lipinski definition) is 5. The lowest BCUT2D eigenvalue weighted by atomic mass is 10.0. The third kappa shape index (κ3) is 6.62. The number of nitrogens with zero attached hydrogens (tertiary/aromatic N) is 3. The van der Waals surface area contributed by atoms with E-state index in [0.29, 0.717) is 23.4 Å². The maximum absolute atomic E-state index is 12.3. The lowest BCUT2D eigenvalue weighted by molar-refractivity contribution is 0.0954. The van der Waals surface area contributed by atoms with Crippen LogP contribution in [-0.4, -0.2) is 26.6 Å². The highest BCUT2D eigenvalue weighted by Crippen LogP contribution is 2.26. The molecule has 6 nitrogen and oxygen atoms in total. The van der Waals surface area contributed by atoms with Crippen molar-refractivity contribution in [3.05, 3.63) is 131 Å². The van der Waals surface area contributed by atoms with Crippen LogP contribution in [0.25, 0.3) is 0 Å². The summed E-state index contributed by atoms with van der Waals surface area (Å²) >= 11 is 0. The van der Waals surface area contributed by atoms with Crippen LogP contribution in [0.1, 0.15) is 39.5 Å². The first-order valence-corrected chi connectivity index (χ1v) is 11.5. The van der Waals surface area contributed by atoms with Crippen LogP contribution in [0, 0.1) is 0 Å². The van der Waals surface area contributed by atoms with Gasteiger partial charge in [0.25, 0.3) is 5.91 Å². The summed E-state index contributed by atoms with van der Waals surface area (Å²) < 4.78 is 0. The molecule has 0 saturated carbocycles. The van der Waals surface area contributed by atoms with Gasteiger partial charge in [0.05, 0.1) is 5.71 Å². The van der Waals surface area contributed by atoms with Gasteiger partial charge in [-0.3, -0.25) is 14.7 Å². The summed E-state index contributed by atoms with van der Waals surface area (Å²) in [5.41, 5.74) is 7.32. The van der Waals surface area contributed by atoms with Gasteiger partial charge in [-0.25, -0.2) is 5.43 Å². The highest BCUT2D eigenvalue weighted by molar-refractivity contribution is 6.02. The molecule has 2 N–H and O–H groups in total. The minimum atomic E-state index is -0.334. The first-order valence-electron chi connectivity index (χ1n) is 11.5. The number of aromatic hydroxyl groups is 1. The summed E-state index contributed by atoms with van der Waals surface area (Å²) in [5, 5.41) is 15.3. The number of para-hydroxylation sites is 1. The fourth-order valence-electron chi connectivity index (χ4n) is 3.87. The van der Waals surface area contributed by atoms with Crippen molar-refractivity contribution in [3.63, 3.8) is 0 Å². The number of pyridine rings is 1. The zero-order valence-corrected chi connectivity index (χ0v) is 19.6. The van der Waals surface area contributed by atoms with Crippen LogP contribution in [0.2, 0.25) is 0 Å². The molecule has 0 unspecified atom stereocenters. The summed E-state index contributed by atoms with van der Waals surface area (Å²) in [4.78, 5) is 18.5. The lowest BCUT2D eigenvalue weighted by Crippen LogP contribution is -2.23. The summed E-state index contributed by atoms with van der Waals surface area (Å²) in [7, 11) is 0. The molecule has 0 fully saturated rings. The minimum Gasteiger partial charge on any atom is -0.507 e. The van der Waals surface area contributed by atoms with Crippen LogP contribution in [0.3, 0.4) is 0 Å². The van der Waals surface area contributed by atoms with Gasteiger partial charge in [0, 0.05) is 48.7 Å². The van der Waals surface area contributed by atoms with Crippen molar-refractivity contribution in [1.82, 2.24) is 15.3 Å². The normalized spacial score (nSPS) is 11.4.